The number of alkyl halides is 3. The Hall–Kier alpha value is -1.10. The molecule has 1 aliphatic rings. The minimum Gasteiger partial charge on any atom is -0.388 e. The van der Waals surface area contributed by atoms with Gasteiger partial charge in [-0.05, 0) is 30.0 Å². The first-order valence-corrected chi connectivity index (χ1v) is 5.42. The summed E-state index contributed by atoms with van der Waals surface area (Å²) in [5.74, 6) is -0.903. The lowest BCUT2D eigenvalue weighted by atomic mass is 10.0. The molecule has 0 radical (unpaired) electrons. The van der Waals surface area contributed by atoms with Crippen LogP contribution in [0.15, 0.2) is 18.2 Å². The van der Waals surface area contributed by atoms with E-state index in [9.17, 15) is 22.7 Å². The molecule has 0 aliphatic heterocycles. The Morgan fingerprint density at radius 1 is 1.29 bits per heavy atom. The third-order valence-electron chi connectivity index (χ3n) is 2.94. The van der Waals surface area contributed by atoms with Gasteiger partial charge < -0.3 is 5.11 Å². The normalized spacial score (nSPS) is 18.2. The van der Waals surface area contributed by atoms with E-state index in [0.717, 1.165) is 25.0 Å². The summed E-state index contributed by atoms with van der Waals surface area (Å²) in [5.41, 5.74) is -1.08. The third kappa shape index (κ3) is 2.97. The molecule has 0 bridgehead atoms. The van der Waals surface area contributed by atoms with E-state index in [0.29, 0.717) is 18.4 Å². The summed E-state index contributed by atoms with van der Waals surface area (Å²) < 4.78 is 50.1. The van der Waals surface area contributed by atoms with Crippen molar-refractivity contribution < 1.29 is 22.7 Å². The van der Waals surface area contributed by atoms with Gasteiger partial charge in [-0.1, -0.05) is 18.9 Å². The molecule has 1 atom stereocenters. The summed E-state index contributed by atoms with van der Waals surface area (Å²) in [5, 5.41) is 9.70. The topological polar surface area (TPSA) is 20.2 Å². The molecule has 0 saturated heterocycles. The molecule has 1 saturated carbocycles. The predicted molar refractivity (Wildman–Crippen MR) is 53.7 cm³/mol. The summed E-state index contributed by atoms with van der Waals surface area (Å²) in [6.07, 6.45) is -3.02. The van der Waals surface area contributed by atoms with E-state index in [-0.39, 0.29) is 5.56 Å². The first-order valence-electron chi connectivity index (χ1n) is 5.42. The Morgan fingerprint density at radius 2 is 1.94 bits per heavy atom. The van der Waals surface area contributed by atoms with Crippen LogP contribution < -0.4 is 0 Å². The first kappa shape index (κ1) is 12.4. The van der Waals surface area contributed by atoms with Gasteiger partial charge in [0.25, 0.3) is 0 Å². The van der Waals surface area contributed by atoms with Gasteiger partial charge in [-0.2, -0.15) is 13.2 Å². The average Bonchev–Trinajstić information content (AvgIpc) is 2.99. The molecule has 1 fully saturated rings. The van der Waals surface area contributed by atoms with Crippen LogP contribution in [0, 0.1) is 11.7 Å². The van der Waals surface area contributed by atoms with Crippen molar-refractivity contribution in [2.24, 2.45) is 5.92 Å². The zero-order valence-corrected chi connectivity index (χ0v) is 8.97. The van der Waals surface area contributed by atoms with E-state index in [4.69, 9.17) is 0 Å². The van der Waals surface area contributed by atoms with Crippen molar-refractivity contribution in [3.8, 4) is 0 Å². The molecule has 1 aliphatic carbocycles. The van der Waals surface area contributed by atoms with Crippen LogP contribution in [0.5, 0.6) is 0 Å². The molecule has 1 nitrogen and oxygen atoms in total. The van der Waals surface area contributed by atoms with E-state index in [1.54, 1.807) is 0 Å². The van der Waals surface area contributed by atoms with E-state index in [1.165, 1.54) is 0 Å². The quantitative estimate of drug-likeness (QED) is 0.809. The highest BCUT2D eigenvalue weighted by atomic mass is 19.4. The Morgan fingerprint density at radius 3 is 2.41 bits per heavy atom. The van der Waals surface area contributed by atoms with Crippen LogP contribution in [0.2, 0.25) is 0 Å². The van der Waals surface area contributed by atoms with Gasteiger partial charge in [0.1, 0.15) is 5.82 Å². The number of halogens is 4. The minimum atomic E-state index is -4.69. The highest BCUT2D eigenvalue weighted by Crippen LogP contribution is 2.38. The lowest BCUT2D eigenvalue weighted by Crippen LogP contribution is -2.09. The summed E-state index contributed by atoms with van der Waals surface area (Å²) in [6, 6.07) is 2.59. The molecular weight excluding hydrogens is 236 g/mol. The largest absolute Gasteiger partial charge is 0.419 e. The number of aliphatic hydroxyl groups excluding tert-OH is 1. The molecule has 1 unspecified atom stereocenters. The number of hydrogen-bond donors (Lipinski definition) is 1. The van der Waals surface area contributed by atoms with E-state index in [2.05, 4.69) is 0 Å². The molecule has 0 heterocycles. The minimum absolute atomic E-state index is 0.211. The second kappa shape index (κ2) is 4.29. The van der Waals surface area contributed by atoms with Gasteiger partial charge in [-0.3, -0.25) is 0 Å². The number of rotatable bonds is 3. The highest BCUT2D eigenvalue weighted by molar-refractivity contribution is 5.28. The van der Waals surface area contributed by atoms with E-state index >= 15 is 0 Å². The zero-order chi connectivity index (χ0) is 12.6. The molecule has 0 amide bonds. The zero-order valence-electron chi connectivity index (χ0n) is 8.97. The van der Waals surface area contributed by atoms with E-state index < -0.39 is 23.7 Å². The average molecular weight is 248 g/mol. The van der Waals surface area contributed by atoms with Crippen molar-refractivity contribution in [1.82, 2.24) is 0 Å². The van der Waals surface area contributed by atoms with Crippen LogP contribution in [0.4, 0.5) is 17.6 Å². The summed E-state index contributed by atoms with van der Waals surface area (Å²) in [4.78, 5) is 0. The van der Waals surface area contributed by atoms with Crippen LogP contribution in [-0.4, -0.2) is 5.11 Å². The predicted octanol–water partition coefficient (Wildman–Crippen LogP) is 3.68. The number of benzene rings is 1. The van der Waals surface area contributed by atoms with Crippen molar-refractivity contribution in [3.05, 3.63) is 35.1 Å². The lowest BCUT2D eigenvalue weighted by Gasteiger charge is -2.13. The highest BCUT2D eigenvalue weighted by Gasteiger charge is 2.34. The second-order valence-corrected chi connectivity index (χ2v) is 4.43. The molecule has 5 heteroatoms. The molecule has 1 N–H and O–H groups in total. The van der Waals surface area contributed by atoms with Gasteiger partial charge >= 0.3 is 6.18 Å². The fraction of sp³-hybridized carbons (Fsp3) is 0.500. The smallest absolute Gasteiger partial charge is 0.388 e. The van der Waals surface area contributed by atoms with Gasteiger partial charge in [0.2, 0.25) is 0 Å². The van der Waals surface area contributed by atoms with E-state index in [1.807, 2.05) is 0 Å². The van der Waals surface area contributed by atoms with Crippen molar-refractivity contribution >= 4 is 0 Å². The maximum Gasteiger partial charge on any atom is 0.419 e. The van der Waals surface area contributed by atoms with Gasteiger partial charge in [0.05, 0.1) is 11.7 Å². The van der Waals surface area contributed by atoms with Crippen LogP contribution in [0.1, 0.15) is 36.5 Å². The van der Waals surface area contributed by atoms with Gasteiger partial charge in [0, 0.05) is 0 Å². The molecular formula is C12H12F4O. The molecule has 0 aromatic heterocycles. The molecule has 1 aromatic rings. The Balaban J connectivity index is 2.17. The van der Waals surface area contributed by atoms with Gasteiger partial charge in [-0.25, -0.2) is 4.39 Å². The first-order chi connectivity index (χ1) is 7.88. The fourth-order valence-corrected chi connectivity index (χ4v) is 1.77. The monoisotopic (exact) mass is 248 g/mol. The van der Waals surface area contributed by atoms with Crippen LogP contribution in [0.3, 0.4) is 0 Å². The standard InChI is InChI=1S/C12H12F4O/c13-10-6-8(11(17)5-7-1-2-7)3-4-9(10)12(14,15)16/h3-4,6-7,11,17H,1-2,5H2. The van der Waals surface area contributed by atoms with Crippen LogP contribution in [0.25, 0.3) is 0 Å². The maximum absolute atomic E-state index is 13.2. The SMILES string of the molecule is OC(CC1CC1)c1ccc(C(F)(F)F)c(F)c1. The van der Waals surface area contributed by atoms with Crippen LogP contribution >= 0.6 is 0 Å². The Bertz CT molecular complexity index is 409. The maximum atomic E-state index is 13.2. The third-order valence-corrected chi connectivity index (χ3v) is 2.94. The molecule has 17 heavy (non-hydrogen) atoms. The van der Waals surface area contributed by atoms with Gasteiger partial charge in [-0.15, -0.1) is 0 Å². The lowest BCUT2D eigenvalue weighted by molar-refractivity contribution is -0.140. The summed E-state index contributed by atoms with van der Waals surface area (Å²) in [7, 11) is 0. The Labute approximate surface area is 96.1 Å². The van der Waals surface area contributed by atoms with Crippen LogP contribution in [-0.2, 0) is 6.18 Å². The van der Waals surface area contributed by atoms with Crippen molar-refractivity contribution in [2.75, 3.05) is 0 Å². The van der Waals surface area contributed by atoms with Crippen molar-refractivity contribution in [1.29, 1.82) is 0 Å². The molecule has 0 spiro atoms. The molecule has 2 rings (SSSR count). The second-order valence-electron chi connectivity index (χ2n) is 4.43. The Kier molecular flexibility index (Phi) is 3.12. The molecule has 1 aromatic carbocycles. The fourth-order valence-electron chi connectivity index (χ4n) is 1.77. The van der Waals surface area contributed by atoms with Crippen molar-refractivity contribution in [3.63, 3.8) is 0 Å². The molecule has 94 valence electrons. The summed E-state index contributed by atoms with van der Waals surface area (Å²) in [6.45, 7) is 0. The van der Waals surface area contributed by atoms with Gasteiger partial charge in [0.15, 0.2) is 0 Å². The van der Waals surface area contributed by atoms with Crippen molar-refractivity contribution in [2.45, 2.75) is 31.5 Å². The number of hydrogen-bond acceptors (Lipinski definition) is 1. The number of aliphatic hydroxyl groups is 1. The summed E-state index contributed by atoms with van der Waals surface area (Å²) >= 11 is 0.